The standard InChI is InChI=1S/C15H22N6O3.C5H3ClN4O/c1-15(2,3)24-14(23)18-9-4-6-21(7-5-9)12-10-11(16-8-17-12)20-13(22)19-10;6-3-2-4(8-1-7-3)10-5(11)9-2/h8-9H,4-7H2,1-3H3,(H,18,23)(H2,16,17,19,20,22);1H,(H2,7,8,9,10,11). The Kier molecular flexibility index (Phi) is 6.73. The smallest absolute Gasteiger partial charge is 0.407 e. The normalized spacial score (nSPS) is 14.6. The van der Waals surface area contributed by atoms with Gasteiger partial charge in [-0.1, -0.05) is 11.6 Å². The molecule has 186 valence electrons. The van der Waals surface area contributed by atoms with Crippen LogP contribution in [0, 0.1) is 0 Å². The molecule has 1 amide bonds. The topological polar surface area (TPSA) is 190 Å². The number of ether oxygens (including phenoxy) is 1. The van der Waals surface area contributed by atoms with Crippen LogP contribution in [0.15, 0.2) is 22.2 Å². The van der Waals surface area contributed by atoms with Gasteiger partial charge in [0.1, 0.15) is 29.3 Å². The quantitative estimate of drug-likeness (QED) is 0.251. The molecule has 1 saturated heterocycles. The van der Waals surface area contributed by atoms with Crippen LogP contribution in [0.25, 0.3) is 22.3 Å². The highest BCUT2D eigenvalue weighted by Gasteiger charge is 2.25. The van der Waals surface area contributed by atoms with Crippen LogP contribution in [0.2, 0.25) is 5.15 Å². The molecule has 5 heterocycles. The fraction of sp³-hybridized carbons (Fsp3) is 0.450. The molecule has 0 saturated carbocycles. The number of rotatable bonds is 2. The van der Waals surface area contributed by atoms with Gasteiger partial charge in [-0.05, 0) is 33.6 Å². The molecule has 0 bridgehead atoms. The number of nitrogens with zero attached hydrogens (tertiary/aromatic N) is 5. The van der Waals surface area contributed by atoms with E-state index in [1.54, 1.807) is 0 Å². The molecule has 0 unspecified atom stereocenters. The number of halogens is 1. The zero-order valence-corrected chi connectivity index (χ0v) is 20.1. The summed E-state index contributed by atoms with van der Waals surface area (Å²) in [7, 11) is 0. The number of aromatic amines is 4. The highest BCUT2D eigenvalue weighted by molar-refractivity contribution is 6.33. The summed E-state index contributed by atoms with van der Waals surface area (Å²) in [5.74, 6) is 0.703. The van der Waals surface area contributed by atoms with Gasteiger partial charge in [0.2, 0.25) is 0 Å². The third kappa shape index (κ3) is 5.95. The molecule has 5 N–H and O–H groups in total. The maximum atomic E-state index is 11.8. The zero-order chi connectivity index (χ0) is 25.2. The molecular weight excluding hydrogens is 480 g/mol. The minimum absolute atomic E-state index is 0.0682. The van der Waals surface area contributed by atoms with Crippen LogP contribution in [0.3, 0.4) is 0 Å². The van der Waals surface area contributed by atoms with Gasteiger partial charge in [0.25, 0.3) is 0 Å². The van der Waals surface area contributed by atoms with Gasteiger partial charge in [0, 0.05) is 19.1 Å². The van der Waals surface area contributed by atoms with Crippen molar-refractivity contribution in [2.75, 3.05) is 18.0 Å². The molecular formula is C20H25ClN10O4. The Bertz CT molecular complexity index is 1440. The number of fused-ring (bicyclic) bond motifs is 2. The van der Waals surface area contributed by atoms with Crippen LogP contribution < -0.4 is 21.6 Å². The largest absolute Gasteiger partial charge is 0.444 e. The first kappa shape index (κ1) is 24.2. The Balaban J connectivity index is 0.000000218. The Labute approximate surface area is 202 Å². The Morgan fingerprint density at radius 2 is 1.54 bits per heavy atom. The van der Waals surface area contributed by atoms with Crippen molar-refractivity contribution >= 4 is 45.8 Å². The lowest BCUT2D eigenvalue weighted by atomic mass is 10.1. The van der Waals surface area contributed by atoms with Crippen molar-refractivity contribution in [1.29, 1.82) is 0 Å². The molecule has 1 aliphatic heterocycles. The lowest BCUT2D eigenvalue weighted by molar-refractivity contribution is 0.0497. The first-order valence-corrected chi connectivity index (χ1v) is 11.2. The SMILES string of the molecule is CC(C)(C)OC(=O)NC1CCN(c2ncnc3[nH]c(=O)[nH]c23)CC1.O=c1[nH]c2ncnc(Cl)c2[nH]1. The molecule has 0 spiro atoms. The van der Waals surface area contributed by atoms with Crippen molar-refractivity contribution < 1.29 is 9.53 Å². The summed E-state index contributed by atoms with van der Waals surface area (Å²) in [6.45, 7) is 6.97. The number of piperidine rings is 1. The summed E-state index contributed by atoms with van der Waals surface area (Å²) >= 11 is 5.63. The molecule has 1 aliphatic rings. The van der Waals surface area contributed by atoms with Crippen LogP contribution in [0.1, 0.15) is 33.6 Å². The molecule has 4 aromatic rings. The highest BCUT2D eigenvalue weighted by atomic mass is 35.5. The van der Waals surface area contributed by atoms with Gasteiger partial charge >= 0.3 is 17.5 Å². The number of hydrogen-bond donors (Lipinski definition) is 5. The fourth-order valence-electron chi connectivity index (χ4n) is 3.61. The van der Waals surface area contributed by atoms with Crippen molar-refractivity contribution in [2.24, 2.45) is 0 Å². The van der Waals surface area contributed by atoms with Gasteiger partial charge in [-0.15, -0.1) is 0 Å². The Morgan fingerprint density at radius 1 is 0.971 bits per heavy atom. The number of H-pyrrole nitrogens is 4. The molecule has 0 aromatic carbocycles. The van der Waals surface area contributed by atoms with Crippen molar-refractivity contribution in [2.45, 2.75) is 45.3 Å². The Morgan fingerprint density at radius 3 is 2.14 bits per heavy atom. The second kappa shape index (κ2) is 9.74. The first-order chi connectivity index (χ1) is 16.6. The number of aromatic nitrogens is 8. The van der Waals surface area contributed by atoms with Gasteiger partial charge < -0.3 is 24.9 Å². The Hall–Kier alpha value is -3.94. The summed E-state index contributed by atoms with van der Waals surface area (Å²) in [4.78, 5) is 62.2. The molecule has 5 rings (SSSR count). The van der Waals surface area contributed by atoms with Crippen molar-refractivity contribution in [1.82, 2.24) is 45.2 Å². The van der Waals surface area contributed by atoms with Crippen LogP contribution in [-0.2, 0) is 4.74 Å². The molecule has 0 radical (unpaired) electrons. The molecule has 4 aromatic heterocycles. The number of alkyl carbamates (subject to hydrolysis) is 1. The average Bonchev–Trinajstić information content (AvgIpc) is 3.35. The van der Waals surface area contributed by atoms with E-state index in [0.29, 0.717) is 28.1 Å². The van der Waals surface area contributed by atoms with Crippen molar-refractivity contribution in [3.05, 3.63) is 38.8 Å². The minimum Gasteiger partial charge on any atom is -0.444 e. The van der Waals surface area contributed by atoms with Gasteiger partial charge in [-0.3, -0.25) is 9.97 Å². The van der Waals surface area contributed by atoms with E-state index in [1.807, 2.05) is 20.8 Å². The number of nitrogens with one attached hydrogen (secondary N) is 5. The second-order valence-corrected chi connectivity index (χ2v) is 9.23. The van der Waals surface area contributed by atoms with E-state index >= 15 is 0 Å². The monoisotopic (exact) mass is 504 g/mol. The maximum Gasteiger partial charge on any atom is 0.407 e. The lowest BCUT2D eigenvalue weighted by Crippen LogP contribution is -2.46. The molecule has 0 atom stereocenters. The van der Waals surface area contributed by atoms with E-state index in [2.05, 4.69) is 50.1 Å². The highest BCUT2D eigenvalue weighted by Crippen LogP contribution is 2.23. The van der Waals surface area contributed by atoms with E-state index in [4.69, 9.17) is 16.3 Å². The van der Waals surface area contributed by atoms with E-state index in [1.165, 1.54) is 12.7 Å². The van der Waals surface area contributed by atoms with E-state index in [9.17, 15) is 14.4 Å². The van der Waals surface area contributed by atoms with Crippen molar-refractivity contribution in [3.63, 3.8) is 0 Å². The zero-order valence-electron chi connectivity index (χ0n) is 19.3. The third-order valence-corrected chi connectivity index (χ3v) is 5.37. The average molecular weight is 505 g/mol. The first-order valence-electron chi connectivity index (χ1n) is 10.8. The maximum absolute atomic E-state index is 11.8. The van der Waals surface area contributed by atoms with Crippen LogP contribution in [0.4, 0.5) is 10.6 Å². The number of amides is 1. The minimum atomic E-state index is -0.502. The summed E-state index contributed by atoms with van der Waals surface area (Å²) in [6.07, 6.45) is 3.89. The van der Waals surface area contributed by atoms with E-state index < -0.39 is 5.60 Å². The van der Waals surface area contributed by atoms with Gasteiger partial charge in [-0.2, -0.15) is 0 Å². The number of hydrogen-bond acceptors (Lipinski definition) is 9. The number of carbonyl (C=O) groups excluding carboxylic acids is 1. The van der Waals surface area contributed by atoms with Crippen molar-refractivity contribution in [3.8, 4) is 0 Å². The van der Waals surface area contributed by atoms with E-state index in [0.717, 1.165) is 25.9 Å². The van der Waals surface area contributed by atoms with Crippen LogP contribution in [-0.4, -0.2) is 70.7 Å². The predicted molar refractivity (Wildman–Crippen MR) is 129 cm³/mol. The third-order valence-electron chi connectivity index (χ3n) is 5.08. The van der Waals surface area contributed by atoms with Gasteiger partial charge in [-0.25, -0.2) is 34.3 Å². The summed E-state index contributed by atoms with van der Waals surface area (Å²) in [5.41, 5.74) is 0.849. The predicted octanol–water partition coefficient (Wildman–Crippen LogP) is 1.44. The fourth-order valence-corrected chi connectivity index (χ4v) is 3.79. The number of imidazole rings is 2. The van der Waals surface area contributed by atoms with Crippen LogP contribution in [0.5, 0.6) is 0 Å². The molecule has 1 fully saturated rings. The molecule has 0 aliphatic carbocycles. The molecule has 35 heavy (non-hydrogen) atoms. The second-order valence-electron chi connectivity index (χ2n) is 8.87. The summed E-state index contributed by atoms with van der Waals surface area (Å²) in [5, 5.41) is 3.15. The number of carbonyl (C=O) groups is 1. The molecule has 14 nitrogen and oxygen atoms in total. The lowest BCUT2D eigenvalue weighted by Gasteiger charge is -2.33. The molecule has 15 heteroatoms. The summed E-state index contributed by atoms with van der Waals surface area (Å²) < 4.78 is 5.28. The number of anilines is 1. The van der Waals surface area contributed by atoms with E-state index in [-0.39, 0.29) is 28.7 Å². The van der Waals surface area contributed by atoms with Crippen LogP contribution >= 0.6 is 11.6 Å². The van der Waals surface area contributed by atoms with Gasteiger partial charge in [0.15, 0.2) is 22.3 Å². The summed E-state index contributed by atoms with van der Waals surface area (Å²) in [6, 6.07) is 0.0682. The van der Waals surface area contributed by atoms with Gasteiger partial charge in [0.05, 0.1) is 0 Å².